The Morgan fingerprint density at radius 2 is 2.18 bits per heavy atom. The Bertz CT molecular complexity index is 668. The van der Waals surface area contributed by atoms with Crippen molar-refractivity contribution in [2.24, 2.45) is 0 Å². The summed E-state index contributed by atoms with van der Waals surface area (Å²) in [5, 5.41) is 16.7. The van der Waals surface area contributed by atoms with Crippen LogP contribution in [-0.2, 0) is 0 Å². The number of hydrogen-bond donors (Lipinski definition) is 3. The molecule has 0 unspecified atom stereocenters. The van der Waals surface area contributed by atoms with Crippen molar-refractivity contribution in [2.45, 2.75) is 6.42 Å². The first-order valence-electron chi connectivity index (χ1n) is 6.96. The number of para-hydroxylation sites is 1. The standard InChI is InChI=1S/C17H19N3OS/c1-19-17(14-10-12-22-16(14)18)20-11-6-5-8-13-7-3-4-9-15(13)21-2/h3-4,7,9-10,12,18-20H,6,11H2,1-2H3/b17-14+,18-16?. The first kappa shape index (κ1) is 16.1. The van der Waals surface area contributed by atoms with Crippen molar-refractivity contribution in [3.63, 3.8) is 0 Å². The van der Waals surface area contributed by atoms with E-state index in [4.69, 9.17) is 10.1 Å². The van der Waals surface area contributed by atoms with Gasteiger partial charge in [0.15, 0.2) is 0 Å². The van der Waals surface area contributed by atoms with Crippen molar-refractivity contribution in [1.82, 2.24) is 10.6 Å². The van der Waals surface area contributed by atoms with E-state index < -0.39 is 0 Å². The quantitative estimate of drug-likeness (QED) is 0.578. The number of benzene rings is 1. The minimum absolute atomic E-state index is 0.553. The Morgan fingerprint density at radius 3 is 2.86 bits per heavy atom. The van der Waals surface area contributed by atoms with Gasteiger partial charge in [-0.1, -0.05) is 35.7 Å². The van der Waals surface area contributed by atoms with Crippen molar-refractivity contribution in [1.29, 1.82) is 5.41 Å². The number of hydrogen-bond acceptors (Lipinski definition) is 5. The summed E-state index contributed by atoms with van der Waals surface area (Å²) < 4.78 is 5.27. The van der Waals surface area contributed by atoms with Crippen LogP contribution in [0.4, 0.5) is 0 Å². The molecule has 3 N–H and O–H groups in total. The number of allylic oxidation sites excluding steroid dienone is 1. The smallest absolute Gasteiger partial charge is 0.134 e. The summed E-state index contributed by atoms with van der Waals surface area (Å²) in [6.07, 6.45) is 2.65. The van der Waals surface area contributed by atoms with Gasteiger partial charge in [-0.3, -0.25) is 5.41 Å². The normalized spacial score (nSPS) is 15.1. The second-order valence-corrected chi connectivity index (χ2v) is 5.38. The van der Waals surface area contributed by atoms with Gasteiger partial charge in [-0.15, -0.1) is 0 Å². The summed E-state index contributed by atoms with van der Waals surface area (Å²) in [7, 11) is 3.50. The molecule has 0 bridgehead atoms. The fraction of sp³-hybridized carbons (Fsp3) is 0.235. The molecule has 0 fully saturated rings. The fourth-order valence-corrected chi connectivity index (χ4v) is 2.62. The van der Waals surface area contributed by atoms with Crippen LogP contribution in [0.15, 0.2) is 47.1 Å². The lowest BCUT2D eigenvalue weighted by Gasteiger charge is -2.11. The van der Waals surface area contributed by atoms with Crippen LogP contribution < -0.4 is 15.4 Å². The number of rotatable bonds is 5. The van der Waals surface area contributed by atoms with E-state index in [0.29, 0.717) is 18.0 Å². The molecule has 1 aromatic carbocycles. The zero-order chi connectivity index (χ0) is 15.8. The maximum atomic E-state index is 7.83. The third-order valence-electron chi connectivity index (χ3n) is 3.07. The lowest BCUT2D eigenvalue weighted by molar-refractivity contribution is 0.413. The number of nitrogens with one attached hydrogen (secondary N) is 3. The third kappa shape index (κ3) is 4.09. The highest BCUT2D eigenvalue weighted by Crippen LogP contribution is 2.23. The van der Waals surface area contributed by atoms with Crippen LogP contribution in [0.5, 0.6) is 5.75 Å². The molecule has 1 aliphatic rings. The average Bonchev–Trinajstić information content (AvgIpc) is 2.97. The Morgan fingerprint density at radius 1 is 1.36 bits per heavy atom. The highest BCUT2D eigenvalue weighted by molar-refractivity contribution is 8.17. The Kier molecular flexibility index (Phi) is 5.99. The summed E-state index contributed by atoms with van der Waals surface area (Å²) in [5.74, 6) is 7.92. The average molecular weight is 313 g/mol. The predicted molar refractivity (Wildman–Crippen MR) is 93.0 cm³/mol. The van der Waals surface area contributed by atoms with Crippen LogP contribution in [0.25, 0.3) is 0 Å². The van der Waals surface area contributed by atoms with E-state index in [1.807, 2.05) is 42.8 Å². The van der Waals surface area contributed by atoms with Gasteiger partial charge in [0.05, 0.1) is 12.7 Å². The maximum absolute atomic E-state index is 7.83. The highest BCUT2D eigenvalue weighted by atomic mass is 32.2. The maximum Gasteiger partial charge on any atom is 0.134 e. The molecule has 0 saturated heterocycles. The van der Waals surface area contributed by atoms with Crippen LogP contribution >= 0.6 is 11.8 Å². The zero-order valence-electron chi connectivity index (χ0n) is 12.7. The summed E-state index contributed by atoms with van der Waals surface area (Å²) >= 11 is 1.42. The van der Waals surface area contributed by atoms with Gasteiger partial charge < -0.3 is 15.4 Å². The molecule has 0 radical (unpaired) electrons. The topological polar surface area (TPSA) is 57.1 Å². The second kappa shape index (κ2) is 8.20. The van der Waals surface area contributed by atoms with E-state index in [0.717, 1.165) is 22.7 Å². The fourth-order valence-electron chi connectivity index (χ4n) is 1.98. The third-order valence-corrected chi connectivity index (χ3v) is 3.79. The minimum Gasteiger partial charge on any atom is -0.495 e. The zero-order valence-corrected chi connectivity index (χ0v) is 13.5. The molecule has 1 aromatic rings. The van der Waals surface area contributed by atoms with Gasteiger partial charge >= 0.3 is 0 Å². The largest absolute Gasteiger partial charge is 0.495 e. The van der Waals surface area contributed by atoms with Gasteiger partial charge in [0.25, 0.3) is 0 Å². The van der Waals surface area contributed by atoms with E-state index in [1.54, 1.807) is 7.11 Å². The number of ether oxygens (including phenoxy) is 1. The van der Waals surface area contributed by atoms with Crippen molar-refractivity contribution < 1.29 is 4.74 Å². The van der Waals surface area contributed by atoms with Gasteiger partial charge in [0, 0.05) is 25.6 Å². The molecule has 2 rings (SSSR count). The second-order valence-electron chi connectivity index (χ2n) is 4.47. The molecule has 0 atom stereocenters. The van der Waals surface area contributed by atoms with Crippen LogP contribution in [0.1, 0.15) is 12.0 Å². The summed E-state index contributed by atoms with van der Waals surface area (Å²) in [5.41, 5.74) is 1.79. The summed E-state index contributed by atoms with van der Waals surface area (Å²) in [6, 6.07) is 7.73. The predicted octanol–water partition coefficient (Wildman–Crippen LogP) is 2.70. The molecule has 1 aliphatic heterocycles. The van der Waals surface area contributed by atoms with Gasteiger partial charge in [-0.05, 0) is 23.6 Å². The first-order valence-corrected chi connectivity index (χ1v) is 7.84. The van der Waals surface area contributed by atoms with E-state index in [-0.39, 0.29) is 0 Å². The summed E-state index contributed by atoms with van der Waals surface area (Å²) in [4.78, 5) is 0. The monoisotopic (exact) mass is 313 g/mol. The van der Waals surface area contributed by atoms with Crippen molar-refractivity contribution in [3.05, 3.63) is 52.7 Å². The molecule has 0 amide bonds. The number of methoxy groups -OCH3 is 1. The molecule has 0 aliphatic carbocycles. The molecule has 22 heavy (non-hydrogen) atoms. The minimum atomic E-state index is 0.553. The lowest BCUT2D eigenvalue weighted by Crippen LogP contribution is -2.26. The molecule has 4 nitrogen and oxygen atoms in total. The molecular formula is C17H19N3OS. The molecule has 0 aromatic heterocycles. The van der Waals surface area contributed by atoms with Crippen LogP contribution in [0.3, 0.4) is 0 Å². The molecule has 5 heteroatoms. The SMILES string of the molecule is CN/C(NCCC#Cc1ccccc1OC)=C1/C=CSC1=N. The van der Waals surface area contributed by atoms with Gasteiger partial charge in [0.2, 0.25) is 0 Å². The molecule has 0 saturated carbocycles. The van der Waals surface area contributed by atoms with Crippen molar-refractivity contribution in [3.8, 4) is 17.6 Å². The Labute approximate surface area is 135 Å². The molecular weight excluding hydrogens is 294 g/mol. The Balaban J connectivity index is 1.91. The molecule has 1 heterocycles. The van der Waals surface area contributed by atoms with Crippen LogP contribution in [-0.4, -0.2) is 25.7 Å². The molecule has 0 spiro atoms. The van der Waals surface area contributed by atoms with E-state index in [2.05, 4.69) is 22.5 Å². The van der Waals surface area contributed by atoms with Crippen LogP contribution in [0, 0.1) is 17.3 Å². The van der Waals surface area contributed by atoms with E-state index >= 15 is 0 Å². The number of thioether (sulfide) groups is 1. The van der Waals surface area contributed by atoms with Gasteiger partial charge in [0.1, 0.15) is 16.6 Å². The first-order chi connectivity index (χ1) is 10.8. The van der Waals surface area contributed by atoms with Crippen molar-refractivity contribution >= 4 is 16.8 Å². The van der Waals surface area contributed by atoms with E-state index in [1.165, 1.54) is 11.8 Å². The Hall–Kier alpha value is -2.32. The van der Waals surface area contributed by atoms with E-state index in [9.17, 15) is 0 Å². The van der Waals surface area contributed by atoms with Crippen LogP contribution in [0.2, 0.25) is 0 Å². The van der Waals surface area contributed by atoms with Gasteiger partial charge in [-0.25, -0.2) is 0 Å². The van der Waals surface area contributed by atoms with Crippen molar-refractivity contribution in [2.75, 3.05) is 20.7 Å². The summed E-state index contributed by atoms with van der Waals surface area (Å²) in [6.45, 7) is 0.716. The molecule has 114 valence electrons. The van der Waals surface area contributed by atoms with Gasteiger partial charge in [-0.2, -0.15) is 0 Å². The highest BCUT2D eigenvalue weighted by Gasteiger charge is 2.12. The lowest BCUT2D eigenvalue weighted by atomic mass is 10.2.